The summed E-state index contributed by atoms with van der Waals surface area (Å²) in [5.41, 5.74) is 2.06. The van der Waals surface area contributed by atoms with Gasteiger partial charge >= 0.3 is 0 Å². The van der Waals surface area contributed by atoms with E-state index in [1.54, 1.807) is 6.20 Å². The van der Waals surface area contributed by atoms with Gasteiger partial charge < -0.3 is 14.7 Å². The number of carbonyl (C=O) groups is 2. The largest absolute Gasteiger partial charge is 0.346 e. The van der Waals surface area contributed by atoms with Crippen LogP contribution in [-0.2, 0) is 15.1 Å². The minimum absolute atomic E-state index is 0.113. The Morgan fingerprint density at radius 3 is 2.78 bits per heavy atom. The van der Waals surface area contributed by atoms with E-state index in [1.165, 1.54) is 6.33 Å². The smallest absolute Gasteiger partial charge is 0.247 e. The summed E-state index contributed by atoms with van der Waals surface area (Å²) in [6, 6.07) is 3.83. The molecule has 0 aromatic carbocycles. The van der Waals surface area contributed by atoms with Crippen LogP contribution >= 0.6 is 0 Å². The van der Waals surface area contributed by atoms with Crippen molar-refractivity contribution in [3.05, 3.63) is 31.0 Å². The first kappa shape index (κ1) is 22.9. The zero-order valence-electron chi connectivity index (χ0n) is 20.1. The maximum absolute atomic E-state index is 13.1. The maximum atomic E-state index is 13.1. The SMILES string of the molecule is N#CCC1(n2cc(-c3ncnc4[nH]ccc34)cn2)C[C@H]2CN(C(=O)C(C=O)NC3CCCC3)C[C@H]2C1. The Bertz CT molecular complexity index is 1300. The van der Waals surface area contributed by atoms with E-state index >= 15 is 0 Å². The van der Waals surface area contributed by atoms with Gasteiger partial charge in [-0.1, -0.05) is 12.8 Å². The molecule has 2 aliphatic carbocycles. The Hall–Kier alpha value is -3.58. The van der Waals surface area contributed by atoms with Gasteiger partial charge in [-0.15, -0.1) is 0 Å². The molecule has 2 unspecified atom stereocenters. The molecule has 1 amide bonds. The standard InChI is InChI=1S/C26H30N8O2/c27-7-6-26(34-14-19(11-31-34)23-21-5-8-28-24(21)30-16-29-23)9-17-12-33(13-18(17)10-26)25(36)22(15-35)32-20-3-1-2-4-20/h5,8,11,14-18,20,22,32H,1-4,6,9-10,12-13H2,(H,28,29,30)/t17-,18+,22?,26?. The molecule has 3 aromatic rings. The summed E-state index contributed by atoms with van der Waals surface area (Å²) in [5, 5.41) is 18.6. The van der Waals surface area contributed by atoms with E-state index in [2.05, 4.69) is 26.3 Å². The number of hydrogen-bond acceptors (Lipinski definition) is 7. The van der Waals surface area contributed by atoms with Gasteiger partial charge in [-0.05, 0) is 43.6 Å². The van der Waals surface area contributed by atoms with Gasteiger partial charge in [0.25, 0.3) is 0 Å². The minimum atomic E-state index is -0.761. The summed E-state index contributed by atoms with van der Waals surface area (Å²) in [6.45, 7) is 1.24. The first-order valence-electron chi connectivity index (χ1n) is 12.8. The molecule has 3 aromatic heterocycles. The van der Waals surface area contributed by atoms with Crippen molar-refractivity contribution in [1.82, 2.24) is 34.9 Å². The molecule has 1 aliphatic heterocycles. The number of hydrogen-bond donors (Lipinski definition) is 2. The average Bonchev–Trinajstić information content (AvgIpc) is 3.69. The second-order valence-electron chi connectivity index (χ2n) is 10.6. The van der Waals surface area contributed by atoms with Crippen LogP contribution in [0.1, 0.15) is 44.9 Å². The fourth-order valence-electron chi connectivity index (χ4n) is 6.72. The molecule has 36 heavy (non-hydrogen) atoms. The van der Waals surface area contributed by atoms with Gasteiger partial charge in [0.05, 0.1) is 29.9 Å². The quantitative estimate of drug-likeness (QED) is 0.387. The van der Waals surface area contributed by atoms with Gasteiger partial charge in [0.15, 0.2) is 0 Å². The fourth-order valence-corrected chi connectivity index (χ4v) is 6.72. The molecule has 186 valence electrons. The molecule has 4 heterocycles. The molecular formula is C26H30N8O2. The molecule has 2 N–H and O–H groups in total. The molecule has 1 saturated heterocycles. The van der Waals surface area contributed by atoms with Crippen molar-refractivity contribution < 1.29 is 9.59 Å². The number of aromatic amines is 1. The van der Waals surface area contributed by atoms with E-state index in [1.807, 2.05) is 28.0 Å². The summed E-state index contributed by atoms with van der Waals surface area (Å²) in [4.78, 5) is 38.6. The molecule has 0 spiro atoms. The highest BCUT2D eigenvalue weighted by molar-refractivity contribution is 5.96. The fraction of sp³-hybridized carbons (Fsp3) is 0.538. The van der Waals surface area contributed by atoms with Gasteiger partial charge in [-0.25, -0.2) is 9.97 Å². The molecule has 2 saturated carbocycles. The molecule has 4 atom stereocenters. The lowest BCUT2D eigenvalue weighted by Crippen LogP contribution is -2.50. The molecule has 10 nitrogen and oxygen atoms in total. The summed E-state index contributed by atoms with van der Waals surface area (Å²) < 4.78 is 1.95. The normalized spacial score (nSPS) is 26.8. The Balaban J connectivity index is 1.18. The number of nitrogens with one attached hydrogen (secondary N) is 2. The lowest BCUT2D eigenvalue weighted by Gasteiger charge is -2.30. The lowest BCUT2D eigenvalue weighted by atomic mass is 9.92. The number of nitriles is 1. The van der Waals surface area contributed by atoms with Crippen LogP contribution in [0.5, 0.6) is 0 Å². The van der Waals surface area contributed by atoms with Gasteiger partial charge in [-0.3, -0.25) is 14.8 Å². The van der Waals surface area contributed by atoms with E-state index < -0.39 is 11.6 Å². The van der Waals surface area contributed by atoms with Gasteiger partial charge in [0, 0.05) is 42.5 Å². The van der Waals surface area contributed by atoms with Crippen molar-refractivity contribution >= 4 is 23.2 Å². The summed E-state index contributed by atoms with van der Waals surface area (Å²) in [6.07, 6.45) is 14.2. The highest BCUT2D eigenvalue weighted by Gasteiger charge is 2.52. The number of aromatic nitrogens is 5. The van der Waals surface area contributed by atoms with Gasteiger partial charge in [0.2, 0.25) is 5.91 Å². The summed E-state index contributed by atoms with van der Waals surface area (Å²) in [7, 11) is 0. The number of fused-ring (bicyclic) bond motifs is 2. The zero-order valence-corrected chi connectivity index (χ0v) is 20.1. The van der Waals surface area contributed by atoms with Crippen LogP contribution in [0, 0.1) is 23.2 Å². The second-order valence-corrected chi connectivity index (χ2v) is 10.6. The molecule has 0 radical (unpaired) electrons. The Labute approximate surface area is 209 Å². The summed E-state index contributed by atoms with van der Waals surface area (Å²) in [5.74, 6) is 0.450. The molecule has 10 heteroatoms. The van der Waals surface area contributed by atoms with Crippen LogP contribution in [0.3, 0.4) is 0 Å². The maximum Gasteiger partial charge on any atom is 0.247 e. The highest BCUT2D eigenvalue weighted by atomic mass is 16.2. The van der Waals surface area contributed by atoms with Crippen molar-refractivity contribution in [2.24, 2.45) is 11.8 Å². The first-order chi connectivity index (χ1) is 17.6. The third-order valence-electron chi connectivity index (χ3n) is 8.45. The number of aldehydes is 1. The number of carbonyl (C=O) groups excluding carboxylic acids is 2. The molecule has 3 fully saturated rings. The van der Waals surface area contributed by atoms with E-state index in [4.69, 9.17) is 5.10 Å². The van der Waals surface area contributed by atoms with Gasteiger partial charge in [0.1, 0.15) is 24.3 Å². The van der Waals surface area contributed by atoms with E-state index in [9.17, 15) is 14.9 Å². The van der Waals surface area contributed by atoms with Crippen molar-refractivity contribution in [2.75, 3.05) is 13.1 Å². The van der Waals surface area contributed by atoms with Crippen LogP contribution in [-0.4, -0.2) is 67.0 Å². The summed E-state index contributed by atoms with van der Waals surface area (Å²) >= 11 is 0. The van der Waals surface area contributed by atoms with Crippen LogP contribution < -0.4 is 5.32 Å². The zero-order chi connectivity index (χ0) is 24.7. The number of H-pyrrole nitrogens is 1. The number of likely N-dealkylation sites (tertiary alicyclic amines) is 1. The van der Waals surface area contributed by atoms with Crippen LogP contribution in [0.15, 0.2) is 31.0 Å². The third-order valence-corrected chi connectivity index (χ3v) is 8.45. The van der Waals surface area contributed by atoms with Gasteiger partial charge in [-0.2, -0.15) is 10.4 Å². The highest BCUT2D eigenvalue weighted by Crippen LogP contribution is 2.49. The predicted molar refractivity (Wildman–Crippen MR) is 131 cm³/mol. The van der Waals surface area contributed by atoms with Crippen LogP contribution in [0.4, 0.5) is 0 Å². The third kappa shape index (κ3) is 3.88. The minimum Gasteiger partial charge on any atom is -0.346 e. The van der Waals surface area contributed by atoms with E-state index in [0.29, 0.717) is 19.5 Å². The Morgan fingerprint density at radius 2 is 2.06 bits per heavy atom. The van der Waals surface area contributed by atoms with Crippen molar-refractivity contribution in [1.29, 1.82) is 5.26 Å². The average molecular weight is 487 g/mol. The predicted octanol–water partition coefficient (Wildman–Crippen LogP) is 2.40. The molecule has 3 aliphatic rings. The second kappa shape index (κ2) is 9.13. The van der Waals surface area contributed by atoms with E-state index in [-0.39, 0.29) is 23.8 Å². The van der Waals surface area contributed by atoms with Crippen LogP contribution in [0.25, 0.3) is 22.3 Å². The topological polar surface area (TPSA) is 133 Å². The lowest BCUT2D eigenvalue weighted by molar-refractivity contribution is -0.135. The first-order valence-corrected chi connectivity index (χ1v) is 12.8. The Morgan fingerprint density at radius 1 is 1.28 bits per heavy atom. The Kier molecular flexibility index (Phi) is 5.80. The number of rotatable bonds is 7. The monoisotopic (exact) mass is 486 g/mol. The number of nitrogens with zero attached hydrogens (tertiary/aromatic N) is 6. The molecule has 0 bridgehead atoms. The molecular weight excluding hydrogens is 456 g/mol. The van der Waals surface area contributed by atoms with Crippen molar-refractivity contribution in [3.63, 3.8) is 0 Å². The molecule has 6 rings (SSSR count). The number of amides is 1. The van der Waals surface area contributed by atoms with Crippen molar-refractivity contribution in [2.45, 2.75) is 62.6 Å². The van der Waals surface area contributed by atoms with Crippen LogP contribution in [0.2, 0.25) is 0 Å². The van der Waals surface area contributed by atoms with Crippen molar-refractivity contribution in [3.8, 4) is 17.3 Å². The van der Waals surface area contributed by atoms with E-state index in [0.717, 1.165) is 67.1 Å².